The highest BCUT2D eigenvalue weighted by molar-refractivity contribution is 7.89. The van der Waals surface area contributed by atoms with Gasteiger partial charge >= 0.3 is 0 Å². The molecular formula is C21H30FN3O5S. The number of imide groups is 1. The summed E-state index contributed by atoms with van der Waals surface area (Å²) in [6.45, 7) is 4.94. The molecule has 0 spiro atoms. The van der Waals surface area contributed by atoms with Crippen molar-refractivity contribution in [1.82, 2.24) is 14.9 Å². The van der Waals surface area contributed by atoms with E-state index in [4.69, 9.17) is 4.74 Å². The molecule has 31 heavy (non-hydrogen) atoms. The summed E-state index contributed by atoms with van der Waals surface area (Å²) >= 11 is 0. The number of amides is 2. The number of hydrogen-bond acceptors (Lipinski definition) is 6. The molecule has 1 aliphatic heterocycles. The SMILES string of the molecule is CC(C)(CCCCN1CC(=O)NC(=O)C1)NS(=O)(=O)c1ccc(F)c(OCC2CC2)c1. The van der Waals surface area contributed by atoms with Gasteiger partial charge in [0.2, 0.25) is 21.8 Å². The third-order valence-electron chi connectivity index (χ3n) is 5.33. The molecule has 0 unspecified atom stereocenters. The minimum absolute atomic E-state index is 0.0365. The Bertz CT molecular complexity index is 915. The van der Waals surface area contributed by atoms with Gasteiger partial charge in [-0.2, -0.15) is 0 Å². The van der Waals surface area contributed by atoms with Crippen molar-refractivity contribution in [3.8, 4) is 5.75 Å². The van der Waals surface area contributed by atoms with Gasteiger partial charge in [-0.25, -0.2) is 17.5 Å². The Hall–Kier alpha value is -2.04. The van der Waals surface area contributed by atoms with Gasteiger partial charge in [0.1, 0.15) is 0 Å². The van der Waals surface area contributed by atoms with Crippen LogP contribution >= 0.6 is 0 Å². The van der Waals surface area contributed by atoms with E-state index in [1.54, 1.807) is 18.7 Å². The maximum absolute atomic E-state index is 14.0. The minimum atomic E-state index is -3.86. The van der Waals surface area contributed by atoms with Crippen LogP contribution in [-0.2, 0) is 19.6 Å². The number of rotatable bonds is 11. The number of halogens is 1. The van der Waals surface area contributed by atoms with Crippen LogP contribution < -0.4 is 14.8 Å². The van der Waals surface area contributed by atoms with Crippen molar-refractivity contribution >= 4 is 21.8 Å². The van der Waals surface area contributed by atoms with Crippen molar-refractivity contribution in [2.24, 2.45) is 5.92 Å². The van der Waals surface area contributed by atoms with Crippen molar-refractivity contribution in [1.29, 1.82) is 0 Å². The zero-order chi connectivity index (χ0) is 22.6. The number of carbonyl (C=O) groups excluding carboxylic acids is 2. The third kappa shape index (κ3) is 7.26. The first-order valence-electron chi connectivity index (χ1n) is 10.6. The van der Waals surface area contributed by atoms with Crippen molar-refractivity contribution in [3.05, 3.63) is 24.0 Å². The summed E-state index contributed by atoms with van der Waals surface area (Å²) in [5.74, 6) is -0.807. The lowest BCUT2D eigenvalue weighted by atomic mass is 9.99. The van der Waals surface area contributed by atoms with Gasteiger partial charge in [0.15, 0.2) is 11.6 Å². The highest BCUT2D eigenvalue weighted by Crippen LogP contribution is 2.31. The molecule has 1 aromatic rings. The molecule has 10 heteroatoms. The van der Waals surface area contributed by atoms with Crippen LogP contribution in [0, 0.1) is 11.7 Å². The quantitative estimate of drug-likeness (QED) is 0.389. The summed E-state index contributed by atoms with van der Waals surface area (Å²) in [5.41, 5.74) is -0.725. The summed E-state index contributed by atoms with van der Waals surface area (Å²) < 4.78 is 47.8. The van der Waals surface area contributed by atoms with Crippen LogP contribution in [0.15, 0.2) is 23.1 Å². The molecule has 1 aliphatic carbocycles. The van der Waals surface area contributed by atoms with Gasteiger partial charge in [-0.05, 0) is 64.1 Å². The fraction of sp³-hybridized carbons (Fsp3) is 0.619. The predicted octanol–water partition coefficient (Wildman–Crippen LogP) is 1.80. The summed E-state index contributed by atoms with van der Waals surface area (Å²) in [4.78, 5) is 24.6. The first kappa shape index (κ1) is 23.6. The third-order valence-corrected chi connectivity index (χ3v) is 7.03. The van der Waals surface area contributed by atoms with Crippen LogP contribution in [0.5, 0.6) is 5.75 Å². The van der Waals surface area contributed by atoms with Crippen LogP contribution in [0.2, 0.25) is 0 Å². The lowest BCUT2D eigenvalue weighted by Crippen LogP contribution is -2.51. The van der Waals surface area contributed by atoms with E-state index >= 15 is 0 Å². The maximum Gasteiger partial charge on any atom is 0.241 e. The van der Waals surface area contributed by atoms with E-state index in [-0.39, 0.29) is 35.5 Å². The normalized spacial score (nSPS) is 18.2. The number of unbranched alkanes of at least 4 members (excludes halogenated alkanes) is 1. The zero-order valence-corrected chi connectivity index (χ0v) is 18.8. The average Bonchev–Trinajstić information content (AvgIpc) is 3.47. The molecular weight excluding hydrogens is 425 g/mol. The molecule has 0 bridgehead atoms. The van der Waals surface area contributed by atoms with Crippen molar-refractivity contribution < 1.29 is 27.1 Å². The zero-order valence-electron chi connectivity index (χ0n) is 17.9. The number of nitrogens with one attached hydrogen (secondary N) is 2. The van der Waals surface area contributed by atoms with Crippen LogP contribution in [0.4, 0.5) is 4.39 Å². The van der Waals surface area contributed by atoms with E-state index in [1.165, 1.54) is 12.1 Å². The monoisotopic (exact) mass is 455 g/mol. The van der Waals surface area contributed by atoms with Gasteiger partial charge in [-0.3, -0.25) is 19.8 Å². The molecule has 1 aromatic carbocycles. The molecule has 8 nitrogen and oxygen atoms in total. The Labute approximate surface area is 182 Å². The number of nitrogens with zero attached hydrogens (tertiary/aromatic N) is 1. The standard InChI is InChI=1S/C21H30FN3O5S/c1-21(2,9-3-4-10-25-12-19(26)23-20(27)13-25)24-31(28,29)16-7-8-17(22)18(11-16)30-14-15-5-6-15/h7-8,11,15,24H,3-6,9-10,12-14H2,1-2H3,(H,23,26,27). The fourth-order valence-corrected chi connectivity index (χ4v) is 4.94. The summed E-state index contributed by atoms with van der Waals surface area (Å²) in [7, 11) is -3.86. The number of hydrogen-bond donors (Lipinski definition) is 2. The van der Waals surface area contributed by atoms with Gasteiger partial charge in [0.05, 0.1) is 24.6 Å². The molecule has 0 atom stereocenters. The Balaban J connectivity index is 1.51. The highest BCUT2D eigenvalue weighted by atomic mass is 32.2. The summed E-state index contributed by atoms with van der Waals surface area (Å²) in [6, 6.07) is 3.57. The summed E-state index contributed by atoms with van der Waals surface area (Å²) in [6.07, 6.45) is 4.10. The van der Waals surface area contributed by atoms with Gasteiger partial charge in [-0.15, -0.1) is 0 Å². The molecule has 2 fully saturated rings. The molecule has 0 aromatic heterocycles. The number of ether oxygens (including phenoxy) is 1. The smallest absolute Gasteiger partial charge is 0.241 e. The van der Waals surface area contributed by atoms with Gasteiger partial charge in [-0.1, -0.05) is 6.42 Å². The Morgan fingerprint density at radius 3 is 2.52 bits per heavy atom. The molecule has 3 rings (SSSR count). The first-order valence-corrected chi connectivity index (χ1v) is 12.0. The van der Waals surface area contributed by atoms with E-state index in [0.29, 0.717) is 31.9 Å². The van der Waals surface area contributed by atoms with Crippen molar-refractivity contribution in [2.75, 3.05) is 26.2 Å². The maximum atomic E-state index is 14.0. The second-order valence-electron chi connectivity index (χ2n) is 8.98. The van der Waals surface area contributed by atoms with Gasteiger partial charge in [0.25, 0.3) is 0 Å². The molecule has 1 saturated carbocycles. The van der Waals surface area contributed by atoms with Gasteiger partial charge < -0.3 is 4.74 Å². The average molecular weight is 456 g/mol. The number of benzene rings is 1. The Morgan fingerprint density at radius 2 is 1.87 bits per heavy atom. The van der Waals surface area contributed by atoms with Crippen LogP contribution in [-0.4, -0.2) is 56.9 Å². The second kappa shape index (κ2) is 9.62. The lowest BCUT2D eigenvalue weighted by molar-refractivity contribution is -0.136. The fourth-order valence-electron chi connectivity index (χ4n) is 3.48. The summed E-state index contributed by atoms with van der Waals surface area (Å²) in [5, 5.41) is 2.26. The van der Waals surface area contributed by atoms with E-state index in [9.17, 15) is 22.4 Å². The minimum Gasteiger partial charge on any atom is -0.490 e. The number of sulfonamides is 1. The number of piperazine rings is 1. The number of carbonyl (C=O) groups is 2. The molecule has 2 N–H and O–H groups in total. The van der Waals surface area contributed by atoms with Crippen molar-refractivity contribution in [3.63, 3.8) is 0 Å². The Kier molecular flexibility index (Phi) is 7.33. The molecule has 2 aliphatic rings. The predicted molar refractivity (Wildman–Crippen MR) is 112 cm³/mol. The highest BCUT2D eigenvalue weighted by Gasteiger charge is 2.28. The van der Waals surface area contributed by atoms with Crippen LogP contribution in [0.1, 0.15) is 46.0 Å². The van der Waals surface area contributed by atoms with E-state index < -0.39 is 21.4 Å². The molecule has 0 radical (unpaired) electrons. The second-order valence-corrected chi connectivity index (χ2v) is 10.7. The molecule has 1 saturated heterocycles. The van der Waals surface area contributed by atoms with E-state index in [1.807, 2.05) is 0 Å². The topological polar surface area (TPSA) is 105 Å². The van der Waals surface area contributed by atoms with Crippen molar-refractivity contribution in [2.45, 2.75) is 56.4 Å². The first-order chi connectivity index (χ1) is 14.5. The van der Waals surface area contributed by atoms with Crippen LogP contribution in [0.3, 0.4) is 0 Å². The van der Waals surface area contributed by atoms with E-state index in [2.05, 4.69) is 10.0 Å². The van der Waals surface area contributed by atoms with Gasteiger partial charge in [0, 0.05) is 11.6 Å². The molecule has 2 amide bonds. The molecule has 1 heterocycles. The van der Waals surface area contributed by atoms with E-state index in [0.717, 1.165) is 25.3 Å². The molecule has 172 valence electrons. The Morgan fingerprint density at radius 1 is 1.19 bits per heavy atom. The van der Waals surface area contributed by atoms with Crippen LogP contribution in [0.25, 0.3) is 0 Å². The largest absolute Gasteiger partial charge is 0.490 e. The lowest BCUT2D eigenvalue weighted by Gasteiger charge is -2.28.